The molecule has 0 aliphatic carbocycles. The van der Waals surface area contributed by atoms with Gasteiger partial charge in [0.15, 0.2) is 0 Å². The number of aliphatic hydroxyl groups is 1. The number of carbonyl (C=O) groups excluding carboxylic acids is 1. The van der Waals surface area contributed by atoms with Crippen LogP contribution in [0, 0.1) is 5.92 Å². The highest BCUT2D eigenvalue weighted by atomic mass is 16.3. The van der Waals surface area contributed by atoms with E-state index in [1.54, 1.807) is 0 Å². The summed E-state index contributed by atoms with van der Waals surface area (Å²) in [6.07, 6.45) is 5.32. The van der Waals surface area contributed by atoms with Gasteiger partial charge in [0.1, 0.15) is 0 Å². The topological polar surface area (TPSA) is 66.6 Å². The Hall–Kier alpha value is -0.610. The van der Waals surface area contributed by atoms with E-state index in [0.29, 0.717) is 12.3 Å². The lowest BCUT2D eigenvalue weighted by atomic mass is 9.90. The molecular formula is C14H28N2O2. The van der Waals surface area contributed by atoms with E-state index in [1.165, 1.54) is 6.42 Å². The number of hydrogen-bond acceptors (Lipinski definition) is 3. The van der Waals surface area contributed by atoms with Crippen molar-refractivity contribution < 1.29 is 9.90 Å². The number of nitrogens with zero attached hydrogens (tertiary/aromatic N) is 1. The number of primary amides is 1. The average molecular weight is 256 g/mol. The largest absolute Gasteiger partial charge is 0.389 e. The smallest absolute Gasteiger partial charge is 0.217 e. The van der Waals surface area contributed by atoms with Gasteiger partial charge in [0, 0.05) is 19.5 Å². The molecule has 1 unspecified atom stereocenters. The van der Waals surface area contributed by atoms with Crippen LogP contribution in [-0.4, -0.2) is 41.1 Å². The van der Waals surface area contributed by atoms with Crippen LogP contribution < -0.4 is 5.73 Å². The molecule has 18 heavy (non-hydrogen) atoms. The lowest BCUT2D eigenvalue weighted by Gasteiger charge is -2.38. The number of carbonyl (C=O) groups is 1. The summed E-state index contributed by atoms with van der Waals surface area (Å²) < 4.78 is 0. The number of piperidine rings is 1. The van der Waals surface area contributed by atoms with Crippen LogP contribution in [0.2, 0.25) is 0 Å². The summed E-state index contributed by atoms with van der Waals surface area (Å²) in [6.45, 7) is 6.90. The molecule has 1 fully saturated rings. The Morgan fingerprint density at radius 2 is 2.11 bits per heavy atom. The van der Waals surface area contributed by atoms with E-state index in [4.69, 9.17) is 5.73 Å². The first-order valence-corrected chi connectivity index (χ1v) is 7.22. The average Bonchev–Trinajstić information content (AvgIpc) is 2.36. The molecule has 0 aromatic rings. The molecule has 0 bridgehead atoms. The maximum absolute atomic E-state index is 10.8. The fourth-order valence-corrected chi connectivity index (χ4v) is 2.77. The third-order valence-electron chi connectivity index (χ3n) is 4.24. The fourth-order valence-electron chi connectivity index (χ4n) is 2.77. The molecule has 1 amide bonds. The Morgan fingerprint density at radius 3 is 2.67 bits per heavy atom. The summed E-state index contributed by atoms with van der Waals surface area (Å²) in [6, 6.07) is 0. The lowest BCUT2D eigenvalue weighted by molar-refractivity contribution is -0.118. The van der Waals surface area contributed by atoms with Crippen LogP contribution in [-0.2, 0) is 4.79 Å². The van der Waals surface area contributed by atoms with Crippen LogP contribution in [0.4, 0.5) is 0 Å². The van der Waals surface area contributed by atoms with Crippen LogP contribution in [0.5, 0.6) is 0 Å². The minimum atomic E-state index is -0.550. The van der Waals surface area contributed by atoms with E-state index < -0.39 is 5.60 Å². The number of hydrogen-bond donors (Lipinski definition) is 2. The zero-order chi connectivity index (χ0) is 13.6. The molecule has 1 heterocycles. The van der Waals surface area contributed by atoms with Gasteiger partial charge in [-0.25, -0.2) is 0 Å². The maximum Gasteiger partial charge on any atom is 0.217 e. The van der Waals surface area contributed by atoms with Gasteiger partial charge in [-0.1, -0.05) is 13.8 Å². The minimum absolute atomic E-state index is 0.203. The Kier molecular flexibility index (Phi) is 6.09. The predicted molar refractivity (Wildman–Crippen MR) is 73.1 cm³/mol. The molecule has 1 saturated heterocycles. The standard InChI is InChI=1S/C14H28N2O2/c1-3-14(18,4-2)11-16-9-5-6-12(10-16)7-8-13(15)17/h12,18H,3-11H2,1-2H3,(H2,15,17). The molecular weight excluding hydrogens is 228 g/mol. The summed E-state index contributed by atoms with van der Waals surface area (Å²) in [4.78, 5) is 13.2. The molecule has 1 atom stereocenters. The second-order valence-electron chi connectivity index (χ2n) is 5.68. The van der Waals surface area contributed by atoms with Crippen molar-refractivity contribution in [3.63, 3.8) is 0 Å². The molecule has 3 N–H and O–H groups in total. The van der Waals surface area contributed by atoms with Gasteiger partial charge in [0.05, 0.1) is 5.60 Å². The summed E-state index contributed by atoms with van der Waals surface area (Å²) >= 11 is 0. The van der Waals surface area contributed by atoms with Crippen molar-refractivity contribution in [2.24, 2.45) is 11.7 Å². The molecule has 0 spiro atoms. The maximum atomic E-state index is 10.8. The van der Waals surface area contributed by atoms with E-state index >= 15 is 0 Å². The predicted octanol–water partition coefficient (Wildman–Crippen LogP) is 1.51. The minimum Gasteiger partial charge on any atom is -0.389 e. The number of amides is 1. The Morgan fingerprint density at radius 1 is 1.44 bits per heavy atom. The lowest BCUT2D eigenvalue weighted by Crippen LogP contribution is -2.46. The molecule has 106 valence electrons. The first-order valence-electron chi connectivity index (χ1n) is 7.22. The Balaban J connectivity index is 2.41. The quantitative estimate of drug-likeness (QED) is 0.725. The number of β-amino-alcohol motifs (C(OH)–C–C–N with tert-alkyl or cyclic N) is 1. The van der Waals surface area contributed by atoms with Gasteiger partial charge in [-0.05, 0) is 44.6 Å². The molecule has 1 aliphatic rings. The van der Waals surface area contributed by atoms with Crippen molar-refractivity contribution in [2.75, 3.05) is 19.6 Å². The normalized spacial score (nSPS) is 22.1. The number of likely N-dealkylation sites (tertiary alicyclic amines) is 1. The van der Waals surface area contributed by atoms with Gasteiger partial charge < -0.3 is 15.7 Å². The first kappa shape index (κ1) is 15.4. The van der Waals surface area contributed by atoms with Gasteiger partial charge in [0.2, 0.25) is 5.91 Å². The Bertz CT molecular complexity index is 265. The molecule has 0 aromatic carbocycles. The highest BCUT2D eigenvalue weighted by Gasteiger charge is 2.28. The van der Waals surface area contributed by atoms with Crippen molar-refractivity contribution in [3.8, 4) is 0 Å². The van der Waals surface area contributed by atoms with Gasteiger partial charge in [-0.2, -0.15) is 0 Å². The third-order valence-corrected chi connectivity index (χ3v) is 4.24. The molecule has 4 nitrogen and oxygen atoms in total. The summed E-state index contributed by atoms with van der Waals surface area (Å²) in [5, 5.41) is 10.4. The molecule has 1 aliphatic heterocycles. The van der Waals surface area contributed by atoms with Crippen LogP contribution >= 0.6 is 0 Å². The summed E-state index contributed by atoms with van der Waals surface area (Å²) in [5.74, 6) is 0.356. The summed E-state index contributed by atoms with van der Waals surface area (Å²) in [7, 11) is 0. The fraction of sp³-hybridized carbons (Fsp3) is 0.929. The molecule has 0 saturated carbocycles. The van der Waals surface area contributed by atoms with Crippen molar-refractivity contribution in [1.82, 2.24) is 4.90 Å². The second kappa shape index (κ2) is 7.10. The van der Waals surface area contributed by atoms with Crippen LogP contribution in [0.25, 0.3) is 0 Å². The first-order chi connectivity index (χ1) is 8.49. The van der Waals surface area contributed by atoms with E-state index in [0.717, 1.165) is 45.3 Å². The van der Waals surface area contributed by atoms with Crippen molar-refractivity contribution in [2.45, 2.75) is 58.0 Å². The number of nitrogens with two attached hydrogens (primary N) is 1. The van der Waals surface area contributed by atoms with Gasteiger partial charge in [-0.15, -0.1) is 0 Å². The van der Waals surface area contributed by atoms with Gasteiger partial charge >= 0.3 is 0 Å². The Labute approximate surface area is 111 Å². The zero-order valence-electron chi connectivity index (χ0n) is 11.8. The van der Waals surface area contributed by atoms with E-state index in [-0.39, 0.29) is 5.91 Å². The summed E-state index contributed by atoms with van der Waals surface area (Å²) in [5.41, 5.74) is 4.65. The van der Waals surface area contributed by atoms with Gasteiger partial charge in [0.25, 0.3) is 0 Å². The molecule has 0 aromatic heterocycles. The van der Waals surface area contributed by atoms with E-state index in [9.17, 15) is 9.90 Å². The SMILES string of the molecule is CCC(O)(CC)CN1CCCC(CCC(N)=O)C1. The highest BCUT2D eigenvalue weighted by Crippen LogP contribution is 2.24. The van der Waals surface area contributed by atoms with Crippen molar-refractivity contribution >= 4 is 5.91 Å². The molecule has 1 rings (SSSR count). The van der Waals surface area contributed by atoms with Crippen LogP contribution in [0.15, 0.2) is 0 Å². The number of rotatable bonds is 7. The van der Waals surface area contributed by atoms with Crippen LogP contribution in [0.1, 0.15) is 52.4 Å². The molecule has 0 radical (unpaired) electrons. The molecule has 4 heteroatoms. The third kappa shape index (κ3) is 4.94. The monoisotopic (exact) mass is 256 g/mol. The highest BCUT2D eigenvalue weighted by molar-refractivity contribution is 5.73. The zero-order valence-corrected chi connectivity index (χ0v) is 11.8. The van der Waals surface area contributed by atoms with E-state index in [2.05, 4.69) is 4.90 Å². The van der Waals surface area contributed by atoms with Crippen LogP contribution in [0.3, 0.4) is 0 Å². The van der Waals surface area contributed by atoms with Crippen molar-refractivity contribution in [1.29, 1.82) is 0 Å². The second-order valence-corrected chi connectivity index (χ2v) is 5.68. The van der Waals surface area contributed by atoms with E-state index in [1.807, 2.05) is 13.8 Å². The van der Waals surface area contributed by atoms with Gasteiger partial charge in [-0.3, -0.25) is 4.79 Å². The van der Waals surface area contributed by atoms with Crippen molar-refractivity contribution in [3.05, 3.63) is 0 Å².